The lowest BCUT2D eigenvalue weighted by Gasteiger charge is -2.33. The molecule has 214 valence electrons. The maximum atomic E-state index is 15.2. The Hall–Kier alpha value is -2.67. The molecule has 0 radical (unpaired) electrons. The molecule has 0 unspecified atom stereocenters. The third-order valence-corrected chi connectivity index (χ3v) is 9.01. The summed E-state index contributed by atoms with van der Waals surface area (Å²) in [5.41, 5.74) is 2.14. The molecule has 0 saturated heterocycles. The average Bonchev–Trinajstić information content (AvgIpc) is 2.92. The molecule has 0 heterocycles. The smallest absolute Gasteiger partial charge is 0.400 e. The van der Waals surface area contributed by atoms with E-state index in [0.717, 1.165) is 31.2 Å². The summed E-state index contributed by atoms with van der Waals surface area (Å²) in [6.45, 7) is 2.24. The van der Waals surface area contributed by atoms with Crippen LogP contribution >= 0.6 is 11.6 Å². The van der Waals surface area contributed by atoms with Crippen molar-refractivity contribution in [3.8, 4) is 16.9 Å². The van der Waals surface area contributed by atoms with Gasteiger partial charge in [-0.05, 0) is 85.1 Å². The number of alkyl halides is 2. The first-order chi connectivity index (χ1) is 19.0. The molecule has 0 amide bonds. The Kier molecular flexibility index (Phi) is 8.42. The second kappa shape index (κ2) is 11.7. The summed E-state index contributed by atoms with van der Waals surface area (Å²) < 4.78 is 91.8. The highest BCUT2D eigenvalue weighted by molar-refractivity contribution is 6.30. The van der Waals surface area contributed by atoms with Crippen molar-refractivity contribution in [1.29, 1.82) is 0 Å². The van der Waals surface area contributed by atoms with Gasteiger partial charge in [-0.25, -0.2) is 17.6 Å². The molecule has 8 heteroatoms. The van der Waals surface area contributed by atoms with Crippen LogP contribution in [0.4, 0.5) is 26.3 Å². The van der Waals surface area contributed by atoms with E-state index in [2.05, 4.69) is 11.7 Å². The summed E-state index contributed by atoms with van der Waals surface area (Å²) in [5, 5.41) is -0.793. The molecule has 0 aromatic heterocycles. The number of rotatable bonds is 6. The predicted molar refractivity (Wildman–Crippen MR) is 144 cm³/mol. The van der Waals surface area contributed by atoms with Crippen LogP contribution in [0.3, 0.4) is 0 Å². The minimum Gasteiger partial charge on any atom is -0.432 e. The van der Waals surface area contributed by atoms with Crippen LogP contribution in [0, 0.1) is 35.1 Å². The molecule has 0 bridgehead atoms. The molecule has 0 atom stereocenters. The number of benzene rings is 3. The van der Waals surface area contributed by atoms with Gasteiger partial charge in [0.2, 0.25) is 0 Å². The van der Waals surface area contributed by atoms with Crippen molar-refractivity contribution in [3.05, 3.63) is 87.9 Å². The van der Waals surface area contributed by atoms with Gasteiger partial charge in [0.1, 0.15) is 34.0 Å². The standard InChI is InChI=1S/C32H31ClF6O/c1-18-2-4-19(5-3-18)21-8-12-26(27(34)14-21)22-9-13-25(28(35)15-22)20-6-10-23(11-7-20)32(38,39)40-24-16-29(36)31(33)30(37)17-24/h8-9,12-20,23H,2-7,10-11H2,1H3. The van der Waals surface area contributed by atoms with Gasteiger partial charge in [0, 0.05) is 17.7 Å². The molecule has 2 saturated carbocycles. The molecule has 0 aliphatic heterocycles. The maximum Gasteiger partial charge on any atom is 0.400 e. The van der Waals surface area contributed by atoms with Gasteiger partial charge >= 0.3 is 6.11 Å². The zero-order valence-electron chi connectivity index (χ0n) is 22.1. The zero-order chi connectivity index (χ0) is 28.6. The van der Waals surface area contributed by atoms with Crippen LogP contribution in [0.1, 0.15) is 81.3 Å². The van der Waals surface area contributed by atoms with Gasteiger partial charge in [0.05, 0.1) is 5.92 Å². The second-order valence-corrected chi connectivity index (χ2v) is 11.7. The summed E-state index contributed by atoms with van der Waals surface area (Å²) in [5.74, 6) is -4.35. The van der Waals surface area contributed by atoms with Crippen molar-refractivity contribution < 1.29 is 31.1 Å². The van der Waals surface area contributed by atoms with Crippen LogP contribution < -0.4 is 4.74 Å². The molecule has 3 aromatic rings. The van der Waals surface area contributed by atoms with Crippen LogP contribution in [-0.2, 0) is 0 Å². The highest BCUT2D eigenvalue weighted by Gasteiger charge is 2.44. The number of ether oxygens (including phenoxy) is 1. The number of hydrogen-bond acceptors (Lipinski definition) is 1. The van der Waals surface area contributed by atoms with E-state index < -0.39 is 40.3 Å². The lowest BCUT2D eigenvalue weighted by molar-refractivity contribution is -0.222. The first kappa shape index (κ1) is 28.8. The Bertz CT molecular complexity index is 1340. The lowest BCUT2D eigenvalue weighted by atomic mass is 9.77. The average molecular weight is 581 g/mol. The summed E-state index contributed by atoms with van der Waals surface area (Å²) in [4.78, 5) is 0. The first-order valence-corrected chi connectivity index (χ1v) is 14.2. The molecular weight excluding hydrogens is 550 g/mol. The minimum absolute atomic E-state index is 0.0352. The summed E-state index contributed by atoms with van der Waals surface area (Å²) in [7, 11) is 0. The Labute approximate surface area is 235 Å². The summed E-state index contributed by atoms with van der Waals surface area (Å²) >= 11 is 5.41. The molecule has 3 aromatic carbocycles. The SMILES string of the molecule is CC1CCC(c2ccc(-c3ccc(C4CCC(C(F)(F)Oc5cc(F)c(Cl)c(F)c5)CC4)c(F)c3)c(F)c2)CC1. The topological polar surface area (TPSA) is 9.23 Å². The van der Waals surface area contributed by atoms with E-state index in [1.165, 1.54) is 6.07 Å². The van der Waals surface area contributed by atoms with Gasteiger partial charge < -0.3 is 4.74 Å². The van der Waals surface area contributed by atoms with Crippen molar-refractivity contribution >= 4 is 11.6 Å². The molecular formula is C32H31ClF6O. The third-order valence-electron chi connectivity index (χ3n) is 8.65. The van der Waals surface area contributed by atoms with Gasteiger partial charge in [-0.3, -0.25) is 0 Å². The minimum atomic E-state index is -3.67. The third kappa shape index (κ3) is 6.14. The fourth-order valence-corrected chi connectivity index (χ4v) is 6.32. The fourth-order valence-electron chi connectivity index (χ4n) is 6.21. The fraction of sp³-hybridized carbons (Fsp3) is 0.438. The molecule has 5 rings (SSSR count). The van der Waals surface area contributed by atoms with E-state index in [0.29, 0.717) is 40.7 Å². The van der Waals surface area contributed by atoms with Crippen LogP contribution in [0.15, 0.2) is 48.5 Å². The Morgan fingerprint density at radius 2 is 1.32 bits per heavy atom. The number of hydrogen-bond donors (Lipinski definition) is 0. The first-order valence-electron chi connectivity index (χ1n) is 13.8. The molecule has 2 aliphatic carbocycles. The highest BCUT2D eigenvalue weighted by atomic mass is 35.5. The van der Waals surface area contributed by atoms with E-state index >= 15 is 8.78 Å². The molecule has 1 nitrogen and oxygen atoms in total. The summed E-state index contributed by atoms with van der Waals surface area (Å²) in [6, 6.07) is 11.0. The molecule has 0 spiro atoms. The zero-order valence-corrected chi connectivity index (χ0v) is 22.9. The van der Waals surface area contributed by atoms with Gasteiger partial charge in [-0.2, -0.15) is 8.78 Å². The highest BCUT2D eigenvalue weighted by Crippen LogP contribution is 2.44. The van der Waals surface area contributed by atoms with Crippen molar-refractivity contribution in [3.63, 3.8) is 0 Å². The van der Waals surface area contributed by atoms with Crippen molar-refractivity contribution in [2.75, 3.05) is 0 Å². The van der Waals surface area contributed by atoms with E-state index in [9.17, 15) is 17.6 Å². The Morgan fingerprint density at radius 1 is 0.700 bits per heavy atom. The van der Waals surface area contributed by atoms with Crippen LogP contribution in [0.2, 0.25) is 5.02 Å². The molecule has 2 fully saturated rings. The van der Waals surface area contributed by atoms with Gasteiger partial charge in [0.15, 0.2) is 0 Å². The molecule has 2 aliphatic rings. The van der Waals surface area contributed by atoms with Gasteiger partial charge in [0.25, 0.3) is 0 Å². The van der Waals surface area contributed by atoms with E-state index in [1.807, 2.05) is 6.07 Å². The quantitative estimate of drug-likeness (QED) is 0.208. The van der Waals surface area contributed by atoms with Crippen LogP contribution in [0.5, 0.6) is 5.75 Å². The van der Waals surface area contributed by atoms with Crippen molar-refractivity contribution in [2.24, 2.45) is 11.8 Å². The van der Waals surface area contributed by atoms with Crippen LogP contribution in [0.25, 0.3) is 11.1 Å². The van der Waals surface area contributed by atoms with E-state index in [4.69, 9.17) is 11.6 Å². The monoisotopic (exact) mass is 580 g/mol. The molecule has 0 N–H and O–H groups in total. The number of halogens is 7. The van der Waals surface area contributed by atoms with Gasteiger partial charge in [-0.1, -0.05) is 55.6 Å². The second-order valence-electron chi connectivity index (χ2n) is 11.3. The van der Waals surface area contributed by atoms with Crippen molar-refractivity contribution in [1.82, 2.24) is 0 Å². The Balaban J connectivity index is 1.23. The van der Waals surface area contributed by atoms with E-state index in [-0.39, 0.29) is 37.4 Å². The molecule has 40 heavy (non-hydrogen) atoms. The summed E-state index contributed by atoms with van der Waals surface area (Å²) in [6.07, 6.45) is 1.33. The lowest BCUT2D eigenvalue weighted by Crippen LogP contribution is -2.37. The predicted octanol–water partition coefficient (Wildman–Crippen LogP) is 10.8. The normalized spacial score (nSPS) is 23.7. The maximum absolute atomic E-state index is 15.2. The van der Waals surface area contributed by atoms with E-state index in [1.54, 1.807) is 24.3 Å². The van der Waals surface area contributed by atoms with Crippen LogP contribution in [-0.4, -0.2) is 6.11 Å². The van der Waals surface area contributed by atoms with Gasteiger partial charge in [-0.15, -0.1) is 0 Å². The van der Waals surface area contributed by atoms with Crippen molar-refractivity contribution in [2.45, 2.75) is 76.2 Å². The Morgan fingerprint density at radius 3 is 1.93 bits per heavy atom. The largest absolute Gasteiger partial charge is 0.432 e.